The molecule has 1 heterocycles. The van der Waals surface area contributed by atoms with Crippen molar-refractivity contribution in [1.29, 1.82) is 0 Å². The minimum absolute atomic E-state index is 0.172. The van der Waals surface area contributed by atoms with Gasteiger partial charge in [-0.15, -0.1) is 0 Å². The monoisotopic (exact) mass is 238 g/mol. The Kier molecular flexibility index (Phi) is 3.94. The zero-order valence-electron chi connectivity index (χ0n) is 10.2. The topological polar surface area (TPSA) is 36.4 Å². The predicted octanol–water partition coefficient (Wildman–Crippen LogP) is 2.34. The third-order valence-electron chi connectivity index (χ3n) is 3.45. The molecule has 0 amide bonds. The van der Waals surface area contributed by atoms with E-state index >= 15 is 0 Å². The lowest BCUT2D eigenvalue weighted by Crippen LogP contribution is -2.26. The van der Waals surface area contributed by atoms with Gasteiger partial charge in [-0.05, 0) is 24.8 Å². The summed E-state index contributed by atoms with van der Waals surface area (Å²) >= 11 is 0. The number of halogens is 1. The van der Waals surface area contributed by atoms with Crippen molar-refractivity contribution in [2.24, 2.45) is 5.92 Å². The highest BCUT2D eigenvalue weighted by molar-refractivity contribution is 5.45. The number of hydrogen-bond acceptors (Lipinski definition) is 3. The molecule has 0 aliphatic heterocycles. The van der Waals surface area contributed by atoms with Gasteiger partial charge in [-0.25, -0.2) is 9.37 Å². The maximum atomic E-state index is 13.0. The van der Waals surface area contributed by atoms with E-state index in [9.17, 15) is 9.50 Å². The van der Waals surface area contributed by atoms with E-state index in [2.05, 4.69) is 4.98 Å². The van der Waals surface area contributed by atoms with Crippen molar-refractivity contribution in [3.8, 4) is 0 Å². The molecule has 1 N–H and O–H groups in total. The normalized spacial score (nSPS) is 16.4. The maximum Gasteiger partial charge on any atom is 0.142 e. The summed E-state index contributed by atoms with van der Waals surface area (Å²) in [6.45, 7) is 0.765. The first-order valence-corrected chi connectivity index (χ1v) is 6.17. The van der Waals surface area contributed by atoms with E-state index in [4.69, 9.17) is 0 Å². The number of rotatable bonds is 4. The van der Waals surface area contributed by atoms with E-state index in [1.54, 1.807) is 0 Å². The molecule has 0 saturated heterocycles. The van der Waals surface area contributed by atoms with E-state index in [1.807, 2.05) is 11.9 Å². The van der Waals surface area contributed by atoms with Crippen LogP contribution in [0.15, 0.2) is 12.3 Å². The molecule has 0 atom stereocenters. The molecule has 94 valence electrons. The zero-order chi connectivity index (χ0) is 12.3. The molecule has 1 aromatic heterocycles. The Labute approximate surface area is 101 Å². The average molecular weight is 238 g/mol. The first kappa shape index (κ1) is 12.3. The first-order chi connectivity index (χ1) is 8.20. The summed E-state index contributed by atoms with van der Waals surface area (Å²) in [4.78, 5) is 6.11. The van der Waals surface area contributed by atoms with Gasteiger partial charge in [-0.2, -0.15) is 0 Å². The van der Waals surface area contributed by atoms with Gasteiger partial charge in [0.15, 0.2) is 0 Å². The molecule has 3 nitrogen and oxygen atoms in total. The van der Waals surface area contributed by atoms with Crippen LogP contribution in [0.1, 0.15) is 31.2 Å². The maximum absolute atomic E-state index is 13.0. The molecule has 4 heteroatoms. The zero-order valence-corrected chi connectivity index (χ0v) is 10.2. The lowest BCUT2D eigenvalue weighted by atomic mass is 10.1. The van der Waals surface area contributed by atoms with Gasteiger partial charge in [-0.1, -0.05) is 12.8 Å². The van der Waals surface area contributed by atoms with Crippen LogP contribution in [0.3, 0.4) is 0 Å². The van der Waals surface area contributed by atoms with Crippen LogP contribution >= 0.6 is 0 Å². The summed E-state index contributed by atoms with van der Waals surface area (Å²) in [6.07, 6.45) is 6.35. The number of hydrogen-bond donors (Lipinski definition) is 1. The molecular formula is C13H19FN2O. The van der Waals surface area contributed by atoms with Crippen molar-refractivity contribution in [3.63, 3.8) is 0 Å². The van der Waals surface area contributed by atoms with Crippen LogP contribution in [0.5, 0.6) is 0 Å². The molecule has 0 bridgehead atoms. The number of aliphatic hydroxyl groups is 1. The Bertz CT molecular complexity index is 378. The standard InChI is InChI=1S/C13H19FN2O/c1-16(8-10-4-2-3-5-10)13-11(9-17)6-12(14)7-15-13/h6-7,10,17H,2-5,8-9H2,1H3. The summed E-state index contributed by atoms with van der Waals surface area (Å²) in [6, 6.07) is 1.35. The van der Waals surface area contributed by atoms with Gasteiger partial charge in [0.05, 0.1) is 12.8 Å². The van der Waals surface area contributed by atoms with Crippen molar-refractivity contribution < 1.29 is 9.50 Å². The second-order valence-electron chi connectivity index (χ2n) is 4.83. The Balaban J connectivity index is 2.09. The molecule has 0 spiro atoms. The van der Waals surface area contributed by atoms with Gasteiger partial charge in [0.1, 0.15) is 11.6 Å². The van der Waals surface area contributed by atoms with Crippen LogP contribution in [0.25, 0.3) is 0 Å². The van der Waals surface area contributed by atoms with Crippen molar-refractivity contribution >= 4 is 5.82 Å². The smallest absolute Gasteiger partial charge is 0.142 e. The Morgan fingerprint density at radius 1 is 1.47 bits per heavy atom. The highest BCUT2D eigenvalue weighted by Gasteiger charge is 2.19. The van der Waals surface area contributed by atoms with Gasteiger partial charge < -0.3 is 10.0 Å². The van der Waals surface area contributed by atoms with Crippen molar-refractivity contribution in [3.05, 3.63) is 23.6 Å². The minimum Gasteiger partial charge on any atom is -0.392 e. The van der Waals surface area contributed by atoms with Crippen molar-refractivity contribution in [1.82, 2.24) is 4.98 Å². The Morgan fingerprint density at radius 3 is 2.82 bits per heavy atom. The number of anilines is 1. The average Bonchev–Trinajstić information content (AvgIpc) is 2.81. The molecule has 1 fully saturated rings. The van der Waals surface area contributed by atoms with E-state index in [0.29, 0.717) is 17.3 Å². The molecule has 1 saturated carbocycles. The molecule has 0 radical (unpaired) electrons. The van der Waals surface area contributed by atoms with Crippen LogP contribution in [-0.2, 0) is 6.61 Å². The molecule has 1 aromatic rings. The van der Waals surface area contributed by atoms with Crippen LogP contribution in [0.4, 0.5) is 10.2 Å². The third-order valence-corrected chi connectivity index (χ3v) is 3.45. The fourth-order valence-corrected chi connectivity index (χ4v) is 2.60. The van der Waals surface area contributed by atoms with Crippen LogP contribution in [0, 0.1) is 11.7 Å². The molecule has 2 rings (SSSR count). The quantitative estimate of drug-likeness (QED) is 0.874. The van der Waals surface area contributed by atoms with Gasteiger partial charge in [0, 0.05) is 19.2 Å². The van der Waals surface area contributed by atoms with Gasteiger partial charge in [-0.3, -0.25) is 0 Å². The fourth-order valence-electron chi connectivity index (χ4n) is 2.60. The van der Waals surface area contributed by atoms with Crippen LogP contribution in [0.2, 0.25) is 0 Å². The fraction of sp³-hybridized carbons (Fsp3) is 0.615. The van der Waals surface area contributed by atoms with Gasteiger partial charge >= 0.3 is 0 Å². The number of pyridine rings is 1. The summed E-state index contributed by atoms with van der Waals surface area (Å²) in [5, 5.41) is 9.22. The molecule has 1 aliphatic carbocycles. The lowest BCUT2D eigenvalue weighted by molar-refractivity contribution is 0.281. The van der Waals surface area contributed by atoms with E-state index in [0.717, 1.165) is 6.54 Å². The van der Waals surface area contributed by atoms with Crippen molar-refractivity contribution in [2.45, 2.75) is 32.3 Å². The van der Waals surface area contributed by atoms with E-state index in [1.165, 1.54) is 37.9 Å². The second kappa shape index (κ2) is 5.45. The van der Waals surface area contributed by atoms with Gasteiger partial charge in [0.25, 0.3) is 0 Å². The summed E-state index contributed by atoms with van der Waals surface area (Å²) in [5.74, 6) is 1.01. The third kappa shape index (κ3) is 2.94. The minimum atomic E-state index is -0.396. The van der Waals surface area contributed by atoms with E-state index < -0.39 is 5.82 Å². The molecule has 1 aliphatic rings. The van der Waals surface area contributed by atoms with Crippen LogP contribution < -0.4 is 4.90 Å². The highest BCUT2D eigenvalue weighted by atomic mass is 19.1. The lowest BCUT2D eigenvalue weighted by Gasteiger charge is -2.23. The summed E-state index contributed by atoms with van der Waals surface area (Å²) in [7, 11) is 1.96. The molecular weight excluding hydrogens is 219 g/mol. The molecule has 0 unspecified atom stereocenters. The highest BCUT2D eigenvalue weighted by Crippen LogP contribution is 2.27. The second-order valence-corrected chi connectivity index (χ2v) is 4.83. The first-order valence-electron chi connectivity index (χ1n) is 6.17. The Hall–Kier alpha value is -1.16. The molecule has 0 aromatic carbocycles. The SMILES string of the molecule is CN(CC1CCCC1)c1ncc(F)cc1CO. The number of aliphatic hydroxyl groups excluding tert-OH is 1. The summed E-state index contributed by atoms with van der Waals surface area (Å²) in [5.41, 5.74) is 0.561. The van der Waals surface area contributed by atoms with E-state index in [-0.39, 0.29) is 6.61 Å². The van der Waals surface area contributed by atoms with Gasteiger partial charge in [0.2, 0.25) is 0 Å². The molecule has 17 heavy (non-hydrogen) atoms. The number of nitrogens with zero attached hydrogens (tertiary/aromatic N) is 2. The number of aromatic nitrogens is 1. The largest absolute Gasteiger partial charge is 0.392 e. The summed E-state index contributed by atoms with van der Waals surface area (Å²) < 4.78 is 13.0. The van der Waals surface area contributed by atoms with Crippen LogP contribution in [-0.4, -0.2) is 23.7 Å². The predicted molar refractivity (Wildman–Crippen MR) is 65.3 cm³/mol. The Morgan fingerprint density at radius 2 is 2.18 bits per heavy atom. The van der Waals surface area contributed by atoms with Crippen molar-refractivity contribution in [2.75, 3.05) is 18.5 Å².